The molecule has 0 saturated heterocycles. The van der Waals surface area contributed by atoms with Crippen molar-refractivity contribution in [2.45, 2.75) is 37.5 Å². The number of nitrogens with one attached hydrogen (secondary N) is 1. The number of aromatic nitrogens is 1. The molecule has 172 valence electrons. The average molecular weight is 460 g/mol. The summed E-state index contributed by atoms with van der Waals surface area (Å²) in [6.07, 6.45) is 2.39. The van der Waals surface area contributed by atoms with Crippen molar-refractivity contribution in [1.82, 2.24) is 14.8 Å². The molecule has 0 aliphatic carbocycles. The van der Waals surface area contributed by atoms with Gasteiger partial charge in [0.25, 0.3) is 0 Å². The van der Waals surface area contributed by atoms with E-state index in [1.807, 2.05) is 6.07 Å². The first kappa shape index (κ1) is 23.9. The number of rotatable bonds is 11. The monoisotopic (exact) mass is 459 g/mol. The molecule has 0 atom stereocenters. The normalized spacial score (nSPS) is 11.9. The lowest BCUT2D eigenvalue weighted by atomic mass is 10.2. The van der Waals surface area contributed by atoms with Gasteiger partial charge in [0.05, 0.1) is 10.6 Å². The van der Waals surface area contributed by atoms with E-state index in [0.717, 1.165) is 26.1 Å². The van der Waals surface area contributed by atoms with E-state index in [-0.39, 0.29) is 23.1 Å². The van der Waals surface area contributed by atoms with E-state index < -0.39 is 15.7 Å². The first-order chi connectivity index (χ1) is 15.3. The maximum atomic E-state index is 13.2. The van der Waals surface area contributed by atoms with Crippen molar-refractivity contribution in [3.63, 3.8) is 0 Å². The van der Waals surface area contributed by atoms with Crippen molar-refractivity contribution < 1.29 is 17.6 Å². The summed E-state index contributed by atoms with van der Waals surface area (Å²) in [6, 6.07) is 12.6. The summed E-state index contributed by atoms with van der Waals surface area (Å²) in [5.74, 6) is -0.808. The Labute approximate surface area is 189 Å². The Bertz CT molecular complexity index is 1150. The Morgan fingerprint density at radius 2 is 1.75 bits per heavy atom. The summed E-state index contributed by atoms with van der Waals surface area (Å²) < 4.78 is 41.1. The molecule has 0 unspecified atom stereocenters. The number of para-hydroxylation sites is 1. The van der Waals surface area contributed by atoms with Crippen molar-refractivity contribution in [2.24, 2.45) is 0 Å². The van der Waals surface area contributed by atoms with Crippen LogP contribution in [-0.2, 0) is 26.9 Å². The predicted molar refractivity (Wildman–Crippen MR) is 125 cm³/mol. The molecule has 32 heavy (non-hydrogen) atoms. The summed E-state index contributed by atoms with van der Waals surface area (Å²) >= 11 is 0. The second-order valence-electron chi connectivity index (χ2n) is 7.75. The van der Waals surface area contributed by atoms with Crippen LogP contribution in [0.5, 0.6) is 0 Å². The van der Waals surface area contributed by atoms with Crippen molar-refractivity contribution in [3.8, 4) is 0 Å². The molecule has 0 aliphatic heterocycles. The van der Waals surface area contributed by atoms with Crippen LogP contribution in [0.4, 0.5) is 4.39 Å². The van der Waals surface area contributed by atoms with E-state index >= 15 is 0 Å². The fourth-order valence-corrected chi connectivity index (χ4v) is 5.33. The molecule has 3 aromatic rings. The van der Waals surface area contributed by atoms with Gasteiger partial charge < -0.3 is 14.8 Å². The van der Waals surface area contributed by atoms with Crippen LogP contribution in [0, 0.1) is 5.82 Å². The fraction of sp³-hybridized carbons (Fsp3) is 0.375. The average Bonchev–Trinajstić information content (AvgIpc) is 3.15. The van der Waals surface area contributed by atoms with Crippen LogP contribution in [0.2, 0.25) is 0 Å². The van der Waals surface area contributed by atoms with E-state index in [4.69, 9.17) is 0 Å². The van der Waals surface area contributed by atoms with Gasteiger partial charge >= 0.3 is 0 Å². The number of hydrogen-bond acceptors (Lipinski definition) is 4. The van der Waals surface area contributed by atoms with Crippen LogP contribution >= 0.6 is 0 Å². The zero-order chi connectivity index (χ0) is 23.1. The number of carbonyl (C=O) groups is 1. The van der Waals surface area contributed by atoms with Gasteiger partial charge in [-0.05, 0) is 49.8 Å². The molecule has 8 heteroatoms. The quantitative estimate of drug-likeness (QED) is 0.445. The highest BCUT2D eigenvalue weighted by atomic mass is 32.2. The molecule has 1 N–H and O–H groups in total. The van der Waals surface area contributed by atoms with E-state index in [1.54, 1.807) is 22.8 Å². The van der Waals surface area contributed by atoms with Crippen LogP contribution in [0.25, 0.3) is 10.9 Å². The summed E-state index contributed by atoms with van der Waals surface area (Å²) in [7, 11) is -3.68. The van der Waals surface area contributed by atoms with Crippen molar-refractivity contribution in [2.75, 3.05) is 26.2 Å². The minimum absolute atomic E-state index is 0.0395. The van der Waals surface area contributed by atoms with Crippen molar-refractivity contribution in [1.29, 1.82) is 0 Å². The van der Waals surface area contributed by atoms with E-state index in [9.17, 15) is 17.6 Å². The molecule has 1 heterocycles. The Morgan fingerprint density at radius 1 is 1.06 bits per heavy atom. The Balaban J connectivity index is 1.74. The number of amides is 1. The molecule has 0 saturated carbocycles. The second kappa shape index (κ2) is 10.7. The smallest absolute Gasteiger partial charge is 0.239 e. The maximum Gasteiger partial charge on any atom is 0.239 e. The predicted octanol–water partition coefficient (Wildman–Crippen LogP) is 3.60. The molecule has 1 aromatic heterocycles. The van der Waals surface area contributed by atoms with Gasteiger partial charge in [-0.25, -0.2) is 12.8 Å². The Morgan fingerprint density at radius 3 is 2.44 bits per heavy atom. The van der Waals surface area contributed by atoms with Gasteiger partial charge in [0.1, 0.15) is 12.4 Å². The zero-order valence-corrected chi connectivity index (χ0v) is 19.4. The molecular weight excluding hydrogens is 429 g/mol. The number of nitrogens with zero attached hydrogens (tertiary/aromatic N) is 2. The molecule has 2 aromatic carbocycles. The SMILES string of the molecule is CCN(CC)CCCNC(=O)Cn1cc(S(=O)(=O)Cc2ccc(F)cc2)c2ccccc21. The summed E-state index contributed by atoms with van der Waals surface area (Å²) in [6.45, 7) is 7.72. The van der Waals surface area contributed by atoms with Crippen LogP contribution in [0.3, 0.4) is 0 Å². The van der Waals surface area contributed by atoms with Crippen LogP contribution in [-0.4, -0.2) is 50.0 Å². The number of halogens is 1. The van der Waals surface area contributed by atoms with Gasteiger partial charge in [0, 0.05) is 23.6 Å². The lowest BCUT2D eigenvalue weighted by Gasteiger charge is -2.17. The molecule has 0 spiro atoms. The molecule has 0 fully saturated rings. The van der Waals surface area contributed by atoms with Gasteiger partial charge in [0.15, 0.2) is 9.84 Å². The first-order valence-electron chi connectivity index (χ1n) is 10.9. The molecular formula is C24H30FN3O3S. The van der Waals surface area contributed by atoms with E-state index in [0.29, 0.717) is 23.0 Å². The number of benzene rings is 2. The third-order valence-electron chi connectivity index (χ3n) is 5.54. The summed E-state index contributed by atoms with van der Waals surface area (Å²) in [5.41, 5.74) is 1.19. The number of fused-ring (bicyclic) bond motifs is 1. The molecule has 0 radical (unpaired) electrons. The highest BCUT2D eigenvalue weighted by molar-refractivity contribution is 7.90. The standard InChI is InChI=1S/C24H30FN3O3S/c1-3-27(4-2)15-7-14-26-24(29)17-28-16-23(21-8-5-6-9-22(21)28)32(30,31)18-19-10-12-20(25)13-11-19/h5-6,8-13,16H,3-4,7,14-15,17-18H2,1-2H3,(H,26,29). The van der Waals surface area contributed by atoms with Crippen LogP contribution < -0.4 is 5.32 Å². The third-order valence-corrected chi connectivity index (χ3v) is 7.25. The second-order valence-corrected chi connectivity index (χ2v) is 9.71. The van der Waals surface area contributed by atoms with Gasteiger partial charge in [-0.15, -0.1) is 0 Å². The highest BCUT2D eigenvalue weighted by Gasteiger charge is 2.22. The van der Waals surface area contributed by atoms with Crippen molar-refractivity contribution >= 4 is 26.6 Å². The Kier molecular flexibility index (Phi) is 8.04. The molecule has 0 bridgehead atoms. The van der Waals surface area contributed by atoms with Crippen molar-refractivity contribution in [3.05, 3.63) is 66.1 Å². The summed E-state index contributed by atoms with van der Waals surface area (Å²) in [5, 5.41) is 3.49. The van der Waals surface area contributed by atoms with E-state index in [2.05, 4.69) is 24.1 Å². The summed E-state index contributed by atoms with van der Waals surface area (Å²) in [4.78, 5) is 15.0. The van der Waals surface area contributed by atoms with E-state index in [1.165, 1.54) is 30.5 Å². The Hall–Kier alpha value is -2.71. The minimum atomic E-state index is -3.68. The highest BCUT2D eigenvalue weighted by Crippen LogP contribution is 2.28. The maximum absolute atomic E-state index is 13.2. The lowest BCUT2D eigenvalue weighted by molar-refractivity contribution is -0.121. The molecule has 0 aliphatic rings. The van der Waals surface area contributed by atoms with Gasteiger partial charge in [0.2, 0.25) is 5.91 Å². The van der Waals surface area contributed by atoms with Crippen LogP contribution in [0.15, 0.2) is 59.6 Å². The molecule has 1 amide bonds. The number of hydrogen-bond donors (Lipinski definition) is 1. The largest absolute Gasteiger partial charge is 0.355 e. The lowest BCUT2D eigenvalue weighted by Crippen LogP contribution is -2.31. The van der Waals surface area contributed by atoms with Gasteiger partial charge in [-0.3, -0.25) is 4.79 Å². The van der Waals surface area contributed by atoms with Gasteiger partial charge in [-0.1, -0.05) is 44.2 Å². The molecule has 3 rings (SSSR count). The minimum Gasteiger partial charge on any atom is -0.355 e. The fourth-order valence-electron chi connectivity index (χ4n) is 3.75. The van der Waals surface area contributed by atoms with Gasteiger partial charge in [-0.2, -0.15) is 0 Å². The first-order valence-corrected chi connectivity index (χ1v) is 12.5. The third kappa shape index (κ3) is 5.95. The number of carbonyl (C=O) groups excluding carboxylic acids is 1. The zero-order valence-electron chi connectivity index (χ0n) is 18.6. The number of sulfone groups is 1. The van der Waals surface area contributed by atoms with Crippen LogP contribution in [0.1, 0.15) is 25.8 Å². The topological polar surface area (TPSA) is 71.4 Å². The molecule has 6 nitrogen and oxygen atoms in total.